The first-order valence-corrected chi connectivity index (χ1v) is 10.4. The molecule has 4 rings (SSSR count). The Bertz CT molecular complexity index is 1180. The van der Waals surface area contributed by atoms with E-state index in [1.54, 1.807) is 0 Å². The molecule has 0 unspecified atom stereocenters. The molecule has 0 bridgehead atoms. The maximum Gasteiger partial charge on any atom is 0.306 e. The fourth-order valence-electron chi connectivity index (χ4n) is 3.97. The van der Waals surface area contributed by atoms with E-state index in [2.05, 4.69) is 68.4 Å². The zero-order valence-corrected chi connectivity index (χ0v) is 17.7. The van der Waals surface area contributed by atoms with Gasteiger partial charge in [-0.05, 0) is 79.3 Å². The number of ether oxygens (including phenoxy) is 1. The number of carbonyl (C=O) groups excluding carboxylic acids is 1. The van der Waals surface area contributed by atoms with Gasteiger partial charge in [0.2, 0.25) is 0 Å². The third kappa shape index (κ3) is 4.16. The summed E-state index contributed by atoms with van der Waals surface area (Å²) < 4.78 is 11.2. The molecule has 30 heavy (non-hydrogen) atoms. The molecule has 0 aliphatic carbocycles. The summed E-state index contributed by atoms with van der Waals surface area (Å²) in [6.45, 7) is 6.54. The molecule has 0 fully saturated rings. The fourth-order valence-corrected chi connectivity index (χ4v) is 3.97. The van der Waals surface area contributed by atoms with E-state index in [4.69, 9.17) is 9.15 Å². The lowest BCUT2D eigenvalue weighted by atomic mass is 9.94. The van der Waals surface area contributed by atoms with Gasteiger partial charge in [-0.1, -0.05) is 42.5 Å². The third-order valence-electron chi connectivity index (χ3n) is 5.42. The summed E-state index contributed by atoms with van der Waals surface area (Å²) in [5.74, 6) is 0.689. The monoisotopic (exact) mass is 398 g/mol. The van der Waals surface area contributed by atoms with Crippen molar-refractivity contribution in [2.24, 2.45) is 0 Å². The van der Waals surface area contributed by atoms with E-state index < -0.39 is 0 Å². The van der Waals surface area contributed by atoms with Gasteiger partial charge in [-0.3, -0.25) is 4.79 Å². The summed E-state index contributed by atoms with van der Waals surface area (Å²) >= 11 is 0. The molecule has 3 aromatic carbocycles. The number of benzene rings is 3. The highest BCUT2D eigenvalue weighted by Gasteiger charge is 2.11. The van der Waals surface area contributed by atoms with Gasteiger partial charge in [0.1, 0.15) is 11.3 Å². The van der Waals surface area contributed by atoms with Gasteiger partial charge in [-0.25, -0.2) is 0 Å². The van der Waals surface area contributed by atoms with Crippen LogP contribution in [-0.2, 0) is 16.0 Å². The SMILES string of the molecule is CCOC(=O)CCc1ccc2oc(-c3cccc(-c4c(C)cccc4C)c3)cc2c1. The average Bonchev–Trinajstić information content (AvgIpc) is 3.16. The predicted octanol–water partition coefficient (Wildman–Crippen LogP) is 6.88. The molecule has 1 heterocycles. The van der Waals surface area contributed by atoms with Crippen molar-refractivity contribution in [1.29, 1.82) is 0 Å². The smallest absolute Gasteiger partial charge is 0.306 e. The van der Waals surface area contributed by atoms with Gasteiger partial charge in [0, 0.05) is 17.4 Å². The Hall–Kier alpha value is -3.33. The highest BCUT2D eigenvalue weighted by Crippen LogP contribution is 2.33. The number of furan rings is 1. The molecule has 3 nitrogen and oxygen atoms in total. The van der Waals surface area contributed by atoms with Crippen molar-refractivity contribution in [1.82, 2.24) is 0 Å². The summed E-state index contributed by atoms with van der Waals surface area (Å²) in [4.78, 5) is 11.6. The lowest BCUT2D eigenvalue weighted by Crippen LogP contribution is -2.04. The van der Waals surface area contributed by atoms with Gasteiger partial charge >= 0.3 is 5.97 Å². The fraction of sp³-hybridized carbons (Fsp3) is 0.222. The van der Waals surface area contributed by atoms with Crippen molar-refractivity contribution in [3.05, 3.63) is 83.4 Å². The zero-order chi connectivity index (χ0) is 21.1. The average molecular weight is 399 g/mol. The van der Waals surface area contributed by atoms with Crippen LogP contribution >= 0.6 is 0 Å². The van der Waals surface area contributed by atoms with E-state index in [1.807, 2.05) is 19.1 Å². The second kappa shape index (κ2) is 8.58. The molecular formula is C27H26O3. The van der Waals surface area contributed by atoms with Crippen LogP contribution in [-0.4, -0.2) is 12.6 Å². The number of esters is 1. The van der Waals surface area contributed by atoms with E-state index in [0.29, 0.717) is 19.4 Å². The van der Waals surface area contributed by atoms with Crippen LogP contribution in [0.2, 0.25) is 0 Å². The second-order valence-electron chi connectivity index (χ2n) is 7.64. The van der Waals surface area contributed by atoms with E-state index in [-0.39, 0.29) is 5.97 Å². The van der Waals surface area contributed by atoms with Crippen LogP contribution in [0.25, 0.3) is 33.4 Å². The summed E-state index contributed by atoms with van der Waals surface area (Å²) in [6.07, 6.45) is 1.05. The summed E-state index contributed by atoms with van der Waals surface area (Å²) in [5, 5.41) is 1.05. The van der Waals surface area contributed by atoms with Crippen molar-refractivity contribution in [2.75, 3.05) is 6.61 Å². The minimum Gasteiger partial charge on any atom is -0.466 e. The highest BCUT2D eigenvalue weighted by molar-refractivity contribution is 5.85. The lowest BCUT2D eigenvalue weighted by molar-refractivity contribution is -0.143. The molecule has 0 radical (unpaired) electrons. The molecule has 0 saturated heterocycles. The number of hydrogen-bond acceptors (Lipinski definition) is 3. The number of hydrogen-bond donors (Lipinski definition) is 0. The largest absolute Gasteiger partial charge is 0.466 e. The van der Waals surface area contributed by atoms with E-state index in [9.17, 15) is 4.79 Å². The quantitative estimate of drug-likeness (QED) is 0.332. The Labute approximate surface area is 177 Å². The molecule has 1 aromatic heterocycles. The Balaban J connectivity index is 1.63. The zero-order valence-electron chi connectivity index (χ0n) is 17.7. The Morgan fingerprint density at radius 1 is 0.900 bits per heavy atom. The summed E-state index contributed by atoms with van der Waals surface area (Å²) in [7, 11) is 0. The molecule has 0 atom stereocenters. The molecule has 0 spiro atoms. The van der Waals surface area contributed by atoms with Crippen LogP contribution in [0, 0.1) is 13.8 Å². The third-order valence-corrected chi connectivity index (χ3v) is 5.42. The number of fused-ring (bicyclic) bond motifs is 1. The van der Waals surface area contributed by atoms with E-state index in [0.717, 1.165) is 27.9 Å². The van der Waals surface area contributed by atoms with Crippen LogP contribution in [0.1, 0.15) is 30.0 Å². The van der Waals surface area contributed by atoms with Crippen molar-refractivity contribution in [2.45, 2.75) is 33.6 Å². The van der Waals surface area contributed by atoms with Gasteiger partial charge in [0.15, 0.2) is 0 Å². The molecule has 0 saturated carbocycles. The first-order valence-electron chi connectivity index (χ1n) is 10.4. The molecule has 0 amide bonds. The second-order valence-corrected chi connectivity index (χ2v) is 7.64. The summed E-state index contributed by atoms with van der Waals surface area (Å²) in [5.41, 5.74) is 8.01. The highest BCUT2D eigenvalue weighted by atomic mass is 16.5. The van der Waals surface area contributed by atoms with Crippen LogP contribution in [0.5, 0.6) is 0 Å². The summed E-state index contributed by atoms with van der Waals surface area (Å²) in [6, 6.07) is 23.0. The van der Waals surface area contributed by atoms with Gasteiger partial charge in [-0.2, -0.15) is 0 Å². The number of carbonyl (C=O) groups is 1. The molecule has 152 valence electrons. The van der Waals surface area contributed by atoms with Crippen LogP contribution < -0.4 is 0 Å². The number of aryl methyl sites for hydroxylation is 3. The van der Waals surface area contributed by atoms with Crippen LogP contribution in [0.3, 0.4) is 0 Å². The van der Waals surface area contributed by atoms with Gasteiger partial charge < -0.3 is 9.15 Å². The maximum absolute atomic E-state index is 11.6. The molecule has 0 aliphatic rings. The van der Waals surface area contributed by atoms with Crippen molar-refractivity contribution >= 4 is 16.9 Å². The van der Waals surface area contributed by atoms with Crippen molar-refractivity contribution in [3.8, 4) is 22.5 Å². The van der Waals surface area contributed by atoms with Gasteiger partial charge in [-0.15, -0.1) is 0 Å². The lowest BCUT2D eigenvalue weighted by Gasteiger charge is -2.10. The van der Waals surface area contributed by atoms with Gasteiger partial charge in [0.25, 0.3) is 0 Å². The Kier molecular flexibility index (Phi) is 5.71. The van der Waals surface area contributed by atoms with E-state index in [1.165, 1.54) is 22.3 Å². The van der Waals surface area contributed by atoms with Crippen LogP contribution in [0.15, 0.2) is 71.1 Å². The van der Waals surface area contributed by atoms with Crippen molar-refractivity contribution < 1.29 is 13.9 Å². The molecule has 0 N–H and O–H groups in total. The Morgan fingerprint density at radius 3 is 2.40 bits per heavy atom. The Morgan fingerprint density at radius 2 is 1.63 bits per heavy atom. The van der Waals surface area contributed by atoms with Crippen molar-refractivity contribution in [3.63, 3.8) is 0 Å². The first kappa shape index (κ1) is 20.0. The molecule has 3 heteroatoms. The topological polar surface area (TPSA) is 39.4 Å². The first-order chi connectivity index (χ1) is 14.5. The minimum atomic E-state index is -0.159. The maximum atomic E-state index is 11.6. The molecular weight excluding hydrogens is 372 g/mol. The van der Waals surface area contributed by atoms with Crippen LogP contribution in [0.4, 0.5) is 0 Å². The normalized spacial score (nSPS) is 11.0. The molecule has 0 aliphatic heterocycles. The number of rotatable bonds is 6. The van der Waals surface area contributed by atoms with Gasteiger partial charge in [0.05, 0.1) is 6.61 Å². The standard InChI is InChI=1S/C27H26O3/c1-4-29-26(28)14-12-20-11-13-24-23(15-20)17-25(30-24)21-9-6-10-22(16-21)27-18(2)7-5-8-19(27)3/h5-11,13,15-17H,4,12,14H2,1-3H3. The predicted molar refractivity (Wildman–Crippen MR) is 122 cm³/mol. The van der Waals surface area contributed by atoms with E-state index >= 15 is 0 Å². The molecule has 4 aromatic rings. The minimum absolute atomic E-state index is 0.159.